The van der Waals surface area contributed by atoms with Crippen LogP contribution in [0.2, 0.25) is 26.2 Å². The number of benzene rings is 8. The Labute approximate surface area is 474 Å². The molecule has 392 valence electrons. The summed E-state index contributed by atoms with van der Waals surface area (Å²) in [4.78, 5) is 0. The lowest BCUT2D eigenvalue weighted by molar-refractivity contribution is 0.0508. The summed E-state index contributed by atoms with van der Waals surface area (Å²) in [5.74, 6) is 0. The largest absolute Gasteiger partial charge is 0.515 e. The minimum Gasteiger partial charge on any atom is -0.413 e. The third kappa shape index (κ3) is 10.7. The highest BCUT2D eigenvalue weighted by Gasteiger charge is 2.80. The monoisotopic (exact) mass is 1240 g/mol. The van der Waals surface area contributed by atoms with E-state index in [0.29, 0.717) is 41.5 Å². The van der Waals surface area contributed by atoms with Gasteiger partial charge in [0, 0.05) is 41.5 Å². The summed E-state index contributed by atoms with van der Waals surface area (Å²) in [6, 6.07) is 76.9. The molecule has 8 radical (unpaired) electrons. The third-order valence-electron chi connectivity index (χ3n) is 12.7. The van der Waals surface area contributed by atoms with Gasteiger partial charge in [0.1, 0.15) is 0 Å². The first-order valence-electron chi connectivity index (χ1n) is 25.0. The second kappa shape index (κ2) is 23.7. The van der Waals surface area contributed by atoms with Gasteiger partial charge in [0.25, 0.3) is 0 Å². The molecule has 14 nitrogen and oxygen atoms in total. The van der Waals surface area contributed by atoms with Crippen molar-refractivity contribution < 1.29 is 57.6 Å². The molecule has 0 saturated carbocycles. The molecule has 0 aliphatic carbocycles. The van der Waals surface area contributed by atoms with Crippen LogP contribution in [-0.4, -0.2) is 109 Å². The van der Waals surface area contributed by atoms with Crippen LogP contribution in [0.25, 0.3) is 0 Å². The van der Waals surface area contributed by atoms with Crippen molar-refractivity contribution in [2.75, 3.05) is 0 Å². The molecule has 4 saturated heterocycles. The molecule has 8 aromatic rings. The molecule has 4 aliphatic heterocycles. The minimum absolute atomic E-state index is 0.211. The molecule has 0 spiro atoms. The van der Waals surface area contributed by atoms with Crippen LogP contribution in [0.1, 0.15) is 0 Å². The van der Waals surface area contributed by atoms with Crippen LogP contribution in [-0.2, 0) is 57.6 Å². The molecule has 4 bridgehead atoms. The second-order valence-corrected chi connectivity index (χ2v) is 44.2. The van der Waals surface area contributed by atoms with Gasteiger partial charge in [-0.2, -0.15) is 0 Å². The van der Waals surface area contributed by atoms with Crippen molar-refractivity contribution in [3.63, 3.8) is 0 Å². The normalized spacial score (nSPS) is 30.1. The highest BCUT2D eigenvalue weighted by molar-refractivity contribution is 7.10. The topological polar surface area (TPSA) is 129 Å². The van der Waals surface area contributed by atoms with Gasteiger partial charge in [-0.3, -0.25) is 0 Å². The second-order valence-electron chi connectivity index (χ2n) is 17.6. The zero-order valence-corrected chi connectivity index (χ0v) is 54.8. The van der Waals surface area contributed by atoms with Crippen LogP contribution in [0.15, 0.2) is 243 Å². The van der Waals surface area contributed by atoms with Crippen molar-refractivity contribution >= 4 is 151 Å². The lowest BCUT2D eigenvalue weighted by atomic mass is 10.4. The van der Waals surface area contributed by atoms with Crippen LogP contribution < -0.4 is 41.5 Å². The number of fused-ring (bicyclic) bond motifs is 4. The molecule has 78 heavy (non-hydrogen) atoms. The van der Waals surface area contributed by atoms with Gasteiger partial charge < -0.3 is 57.6 Å². The van der Waals surface area contributed by atoms with Crippen molar-refractivity contribution in [3.8, 4) is 0 Å². The van der Waals surface area contributed by atoms with Gasteiger partial charge in [-0.05, 0) is 26.2 Å². The van der Waals surface area contributed by atoms with Crippen LogP contribution >= 0.6 is 0 Å². The Balaban J connectivity index is 1.41. The fourth-order valence-corrected chi connectivity index (χ4v) is 56.9. The molecule has 8 aromatic carbocycles. The molecular formula is C52H52O14Si12. The summed E-state index contributed by atoms with van der Waals surface area (Å²) in [6.07, 6.45) is 0. The summed E-state index contributed by atoms with van der Waals surface area (Å²) < 4.78 is 112. The molecule has 0 amide bonds. The highest BCUT2D eigenvalue weighted by Crippen LogP contribution is 2.42. The first-order chi connectivity index (χ1) is 38.2. The molecule has 0 atom stereocenters. The minimum atomic E-state index is -5.09. The van der Waals surface area contributed by atoms with E-state index in [1.165, 1.54) is 0 Å². The first-order valence-corrected chi connectivity index (χ1v) is 44.4. The van der Waals surface area contributed by atoms with Gasteiger partial charge in [-0.15, -0.1) is 0 Å². The quantitative estimate of drug-likeness (QED) is 0.131. The summed E-state index contributed by atoms with van der Waals surface area (Å²) >= 11 is 0. The molecule has 4 heterocycles. The fourth-order valence-electron chi connectivity index (χ4n) is 9.36. The Morgan fingerprint density at radius 3 is 0.487 bits per heavy atom. The van der Waals surface area contributed by atoms with E-state index in [2.05, 4.69) is 0 Å². The van der Waals surface area contributed by atoms with Crippen molar-refractivity contribution in [3.05, 3.63) is 243 Å². The van der Waals surface area contributed by atoms with E-state index in [9.17, 15) is 0 Å². The zero-order valence-electron chi connectivity index (χ0n) is 42.8. The smallest absolute Gasteiger partial charge is 0.413 e. The molecule has 4 aliphatic rings. The van der Waals surface area contributed by atoms with Gasteiger partial charge in [0.15, 0.2) is 0 Å². The predicted octanol–water partition coefficient (Wildman–Crippen LogP) is 3.70. The van der Waals surface area contributed by atoms with Gasteiger partial charge in [0.2, 0.25) is 39.1 Å². The van der Waals surface area contributed by atoms with E-state index >= 15 is 0 Å². The van der Waals surface area contributed by atoms with Crippen LogP contribution in [0.3, 0.4) is 0 Å². The van der Waals surface area contributed by atoms with Crippen LogP contribution in [0, 0.1) is 0 Å². The maximum Gasteiger partial charge on any atom is 0.515 e. The van der Waals surface area contributed by atoms with E-state index in [1.54, 1.807) is 0 Å². The fraction of sp³-hybridized carbons (Fsp3) is 0.0769. The molecule has 0 unspecified atom stereocenters. The average Bonchev–Trinajstić information content (AvgIpc) is 3.61. The standard InChI is InChI=1S/C52H52O14Si12/c1-67-53-71(45-29-13-5-14-30-45)57-75(49-37-21-9-22-38-49)59-72(54-68-2,46-31-15-6-16-32-46)60-76(58-71,50-39-23-10-24-40-50)66-78(52-43-27-12-28-44-52)62-73(55-69-3,47-33-17-7-18-34-47)61-77(65-75,51-41-25-11-26-42-51)63-74(64-78,56-70-4)48-35-19-8-20-36-48/h5-44H,1-4H3. The summed E-state index contributed by atoms with van der Waals surface area (Å²) in [7, 11) is -39.9. The Morgan fingerprint density at radius 2 is 0.346 bits per heavy atom. The van der Waals surface area contributed by atoms with E-state index in [0.717, 1.165) is 0 Å². The zero-order chi connectivity index (χ0) is 53.6. The molecule has 26 heteroatoms. The predicted molar refractivity (Wildman–Crippen MR) is 316 cm³/mol. The van der Waals surface area contributed by atoms with E-state index in [4.69, 9.17) is 57.6 Å². The Bertz CT molecular complexity index is 2750. The maximum absolute atomic E-state index is 8.46. The molecular weight excluding hydrogens is 1190 g/mol. The van der Waals surface area contributed by atoms with E-state index < -0.39 is 70.4 Å². The maximum atomic E-state index is 8.46. The summed E-state index contributed by atoms with van der Waals surface area (Å²) in [6.45, 7) is 7.71. The number of hydrogen-bond acceptors (Lipinski definition) is 14. The lowest BCUT2D eigenvalue weighted by Crippen LogP contribution is -2.90. The average molecular weight is 1240 g/mol. The lowest BCUT2D eigenvalue weighted by Gasteiger charge is -2.56. The van der Waals surface area contributed by atoms with Gasteiger partial charge in [-0.25, -0.2) is 0 Å². The molecule has 0 aromatic heterocycles. The Morgan fingerprint density at radius 1 is 0.205 bits per heavy atom. The SMILES string of the molecule is C[Si]O[Si]1(c2ccccc2)O[Si]2(c3ccccc3)O[Si](O[Si]C)(c3ccccc3)O[Si](c3ccccc3)(O1)O[Si]1(c3ccccc3)O[Si](O[Si]C)(c3ccccc3)O[Si](c3ccccc3)(O[Si](O[Si]C)(c3ccccc3)O1)O2. The molecule has 12 rings (SSSR count). The van der Waals surface area contributed by atoms with Gasteiger partial charge in [-0.1, -0.05) is 243 Å². The Hall–Kier alpha value is -4.20. The van der Waals surface area contributed by atoms with Crippen molar-refractivity contribution in [2.24, 2.45) is 0 Å². The highest BCUT2D eigenvalue weighted by atomic mass is 28.6. The van der Waals surface area contributed by atoms with E-state index in [-0.39, 0.29) is 39.1 Å². The summed E-state index contributed by atoms with van der Waals surface area (Å²) in [5.41, 5.74) is 0. The molecule has 0 N–H and O–H groups in total. The van der Waals surface area contributed by atoms with Crippen molar-refractivity contribution in [2.45, 2.75) is 26.2 Å². The Kier molecular flexibility index (Phi) is 16.9. The number of rotatable bonds is 16. The van der Waals surface area contributed by atoms with Crippen LogP contribution in [0.4, 0.5) is 0 Å². The van der Waals surface area contributed by atoms with Crippen LogP contribution in [0.5, 0.6) is 0 Å². The van der Waals surface area contributed by atoms with Crippen molar-refractivity contribution in [1.29, 1.82) is 0 Å². The van der Waals surface area contributed by atoms with Crippen molar-refractivity contribution in [1.82, 2.24) is 0 Å². The van der Waals surface area contributed by atoms with Gasteiger partial charge >= 0.3 is 70.4 Å². The summed E-state index contributed by atoms with van der Waals surface area (Å²) in [5, 5.41) is 4.31. The number of hydrogen-bond donors (Lipinski definition) is 0. The first kappa shape index (κ1) is 55.7. The van der Waals surface area contributed by atoms with Gasteiger partial charge in [0.05, 0.1) is 0 Å². The molecule has 4 fully saturated rings. The van der Waals surface area contributed by atoms with E-state index in [1.807, 2.05) is 269 Å². The third-order valence-corrected chi connectivity index (χ3v) is 50.0.